The second kappa shape index (κ2) is 43.0. The summed E-state index contributed by atoms with van der Waals surface area (Å²) in [4.78, 5) is 11.0. The first-order chi connectivity index (χ1) is 41.2. The predicted molar refractivity (Wildman–Crippen MR) is 415 cm³/mol. The van der Waals surface area contributed by atoms with E-state index in [0.717, 1.165) is 67.0 Å². The van der Waals surface area contributed by atoms with E-state index in [4.69, 9.17) is 30.9 Å². The largest absolute Gasteiger partial charge is 0.439 e. The molecule has 0 spiro atoms. The molecule has 474 valence electrons. The molecule has 0 bridgehead atoms. The maximum atomic E-state index is 5.45. The lowest BCUT2D eigenvalue weighted by Gasteiger charge is -1.85. The molecule has 0 radical (unpaired) electrons. The van der Waals surface area contributed by atoms with Crippen molar-refractivity contribution in [1.29, 1.82) is 0 Å². The standard InChI is InChI=1S/3C8H7BrOS.3C7H5BrOS.C6H3BrOS.7C2H6/c1-4-5(2)11-8-6(4)3-7(9)10-8;1-4-3-11-8-6(4)5(2)7(9)10-8;1-4-3-6-5(2)7(9)10-8(6)11-4;1-4-3-10-7-5(4)2-6(8)9-7;1-4-2-5-3-6(8)9-7(5)10-4;1-4-5-2-3-10-7(5)9-6(4)8;7-5-3-4-1-2-9-6(4)8-5;7*1-2/h3*3H,1-2H3;3*2-3H,1H3;1-3H;7*1-2H3. The van der Waals surface area contributed by atoms with Gasteiger partial charge in [-0.1, -0.05) is 96.9 Å². The number of halogens is 7. The van der Waals surface area contributed by atoms with E-state index < -0.39 is 0 Å². The minimum Gasteiger partial charge on any atom is -0.439 e. The second-order valence-corrected chi connectivity index (χ2v) is 28.2. The van der Waals surface area contributed by atoms with Crippen molar-refractivity contribution in [3.63, 3.8) is 0 Å². The number of aryl methyl sites for hydroxylation is 9. The Labute approximate surface area is 596 Å². The van der Waals surface area contributed by atoms with Crippen LogP contribution in [0.3, 0.4) is 0 Å². The van der Waals surface area contributed by atoms with Gasteiger partial charge in [-0.05, 0) is 248 Å². The molecule has 0 aromatic carbocycles. The molecule has 0 fully saturated rings. The highest BCUT2D eigenvalue weighted by Gasteiger charge is 2.13. The first-order valence-electron chi connectivity index (χ1n) is 28.2. The van der Waals surface area contributed by atoms with Gasteiger partial charge in [-0.15, -0.1) is 79.4 Å². The van der Waals surface area contributed by atoms with Gasteiger partial charge in [0, 0.05) is 81.2 Å². The third-order valence-corrected chi connectivity index (χ3v) is 21.1. The maximum absolute atomic E-state index is 5.45. The molecular weight excluding hydrogens is 1680 g/mol. The van der Waals surface area contributed by atoms with Gasteiger partial charge in [-0.2, -0.15) is 0 Å². The first-order valence-corrected chi connectivity index (χ1v) is 39.7. The lowest BCUT2D eigenvalue weighted by atomic mass is 10.2. The topological polar surface area (TPSA) is 92.0 Å². The van der Waals surface area contributed by atoms with Crippen molar-refractivity contribution < 1.29 is 30.9 Å². The van der Waals surface area contributed by atoms with Crippen LogP contribution in [-0.2, 0) is 0 Å². The maximum Gasteiger partial charge on any atom is 0.189 e. The summed E-state index contributed by atoms with van der Waals surface area (Å²) in [5.74, 6) is 0. The second-order valence-electron chi connectivity index (χ2n) is 15.8. The highest BCUT2D eigenvalue weighted by atomic mass is 79.9. The molecule has 14 rings (SSSR count). The number of rotatable bonds is 0. The molecule has 0 aliphatic carbocycles. The monoisotopic (exact) mass is 1750 g/mol. The molecule has 0 unspecified atom stereocenters. The molecule has 0 aliphatic rings. The Hall–Kier alpha value is -1.96. The average molecular weight is 1760 g/mol. The SMILES string of the molecule is Brc1cc2ccsc2o1.CC.CC.CC.CC.CC.CC.CC.Cc1c(Br)oc2sccc12.Cc1cc2c(C)c(Br)oc2s1.Cc1cc2cc(Br)oc2s1.Cc1csc2oc(Br)c(C)c12.Cc1csc2oc(Br)cc12.Cc1sc2oc(Br)cc2c1C. The molecule has 0 atom stereocenters. The molecule has 0 saturated carbocycles. The van der Waals surface area contributed by atoms with Gasteiger partial charge < -0.3 is 30.9 Å². The van der Waals surface area contributed by atoms with Gasteiger partial charge in [0.25, 0.3) is 0 Å². The average Bonchev–Trinajstić information content (AvgIpc) is 3.97. The van der Waals surface area contributed by atoms with Crippen LogP contribution in [0.5, 0.6) is 0 Å². The Balaban J connectivity index is 0.000000485. The molecule has 0 saturated heterocycles. The Morgan fingerprint density at radius 2 is 0.698 bits per heavy atom. The molecular formula is C65H81Br7O7S7. The Morgan fingerprint density at radius 1 is 0.302 bits per heavy atom. The van der Waals surface area contributed by atoms with Gasteiger partial charge in [0.05, 0.1) is 0 Å². The summed E-state index contributed by atoms with van der Waals surface area (Å²) in [6.45, 7) is 46.8. The molecule has 21 heteroatoms. The highest BCUT2D eigenvalue weighted by Crippen LogP contribution is 2.38. The van der Waals surface area contributed by atoms with Crippen LogP contribution in [0, 0.1) is 62.3 Å². The summed E-state index contributed by atoms with van der Waals surface area (Å²) in [6, 6.07) is 16.4. The number of thiophene rings is 7. The summed E-state index contributed by atoms with van der Waals surface area (Å²) in [6.07, 6.45) is 0. The van der Waals surface area contributed by atoms with Crippen LogP contribution in [0.15, 0.2) is 134 Å². The fourth-order valence-electron chi connectivity index (χ4n) is 6.88. The van der Waals surface area contributed by atoms with Crippen molar-refractivity contribution in [2.45, 2.75) is 159 Å². The highest BCUT2D eigenvalue weighted by molar-refractivity contribution is 9.11. The van der Waals surface area contributed by atoms with E-state index in [1.165, 1.54) is 85.7 Å². The Morgan fingerprint density at radius 3 is 1.23 bits per heavy atom. The number of furan rings is 7. The van der Waals surface area contributed by atoms with Crippen molar-refractivity contribution in [2.24, 2.45) is 0 Å². The minimum atomic E-state index is 0.810. The number of hydrogen-bond donors (Lipinski definition) is 0. The lowest BCUT2D eigenvalue weighted by molar-refractivity contribution is 0.591. The third-order valence-electron chi connectivity index (χ3n) is 10.7. The van der Waals surface area contributed by atoms with E-state index in [9.17, 15) is 0 Å². The van der Waals surface area contributed by atoms with E-state index in [1.54, 1.807) is 79.4 Å². The normalized spacial score (nSPS) is 9.74. The van der Waals surface area contributed by atoms with Gasteiger partial charge in [-0.3, -0.25) is 0 Å². The number of hydrogen-bond acceptors (Lipinski definition) is 14. The van der Waals surface area contributed by atoms with Crippen LogP contribution in [0.25, 0.3) is 72.0 Å². The molecule has 7 nitrogen and oxygen atoms in total. The van der Waals surface area contributed by atoms with Gasteiger partial charge in [0.15, 0.2) is 67.0 Å². The summed E-state index contributed by atoms with van der Waals surface area (Å²) in [5.41, 5.74) is 7.52. The molecule has 14 heterocycles. The molecule has 0 amide bonds. The van der Waals surface area contributed by atoms with E-state index >= 15 is 0 Å². The van der Waals surface area contributed by atoms with Crippen LogP contribution in [-0.4, -0.2) is 0 Å². The van der Waals surface area contributed by atoms with Crippen LogP contribution < -0.4 is 0 Å². The van der Waals surface area contributed by atoms with Crippen LogP contribution >= 0.6 is 191 Å². The fourth-order valence-corrected chi connectivity index (χ4v) is 16.5. The first kappa shape index (κ1) is 82.1. The summed E-state index contributed by atoms with van der Waals surface area (Å²) in [7, 11) is 0. The van der Waals surface area contributed by atoms with E-state index in [-0.39, 0.29) is 0 Å². The van der Waals surface area contributed by atoms with Gasteiger partial charge in [0.1, 0.15) is 0 Å². The van der Waals surface area contributed by atoms with Crippen LogP contribution in [0.4, 0.5) is 0 Å². The predicted octanol–water partition coefficient (Wildman–Crippen LogP) is 32.8. The van der Waals surface area contributed by atoms with Gasteiger partial charge in [0.2, 0.25) is 0 Å². The van der Waals surface area contributed by atoms with E-state index in [0.29, 0.717) is 0 Å². The quantitative estimate of drug-likeness (QED) is 0.149. The zero-order chi connectivity index (χ0) is 65.7. The van der Waals surface area contributed by atoms with Crippen molar-refractivity contribution in [3.05, 3.63) is 151 Å². The molecule has 14 aromatic heterocycles. The van der Waals surface area contributed by atoms with Gasteiger partial charge in [-0.25, -0.2) is 0 Å². The lowest BCUT2D eigenvalue weighted by Crippen LogP contribution is -1.67. The van der Waals surface area contributed by atoms with E-state index in [1.807, 2.05) is 145 Å². The van der Waals surface area contributed by atoms with Crippen LogP contribution in [0.2, 0.25) is 0 Å². The summed E-state index contributed by atoms with van der Waals surface area (Å²) >= 11 is 34.7. The zero-order valence-electron chi connectivity index (χ0n) is 53.3. The molecule has 14 aromatic rings. The third kappa shape index (κ3) is 23.3. The number of fused-ring (bicyclic) bond motifs is 7. The Kier molecular flexibility index (Phi) is 41.0. The Bertz CT molecular complexity index is 3900. The van der Waals surface area contributed by atoms with Gasteiger partial charge >= 0.3 is 0 Å². The van der Waals surface area contributed by atoms with Crippen molar-refractivity contribution in [3.8, 4) is 0 Å². The zero-order valence-corrected chi connectivity index (χ0v) is 70.1. The molecule has 0 aliphatic heterocycles. The van der Waals surface area contributed by atoms with Crippen molar-refractivity contribution >= 4 is 263 Å². The minimum absolute atomic E-state index is 0.810. The molecule has 86 heavy (non-hydrogen) atoms. The van der Waals surface area contributed by atoms with Crippen molar-refractivity contribution in [1.82, 2.24) is 0 Å². The summed E-state index contributed by atoms with van der Waals surface area (Å²) < 4.78 is 43.4. The van der Waals surface area contributed by atoms with E-state index in [2.05, 4.69) is 196 Å². The fraction of sp³-hybridized carbons (Fsp3) is 0.354. The molecule has 0 N–H and O–H groups in total. The smallest absolute Gasteiger partial charge is 0.189 e. The van der Waals surface area contributed by atoms with Crippen molar-refractivity contribution in [2.75, 3.05) is 0 Å². The summed E-state index contributed by atoms with van der Waals surface area (Å²) in [5, 5.41) is 16.8. The van der Waals surface area contributed by atoms with Crippen LogP contribution in [0.1, 0.15) is 145 Å².